The van der Waals surface area contributed by atoms with Crippen LogP contribution in [0.3, 0.4) is 0 Å². The van der Waals surface area contributed by atoms with Crippen LogP contribution in [0.15, 0.2) is 10.9 Å². The minimum absolute atomic E-state index is 0.300. The summed E-state index contributed by atoms with van der Waals surface area (Å²) >= 11 is 1.69. The van der Waals surface area contributed by atoms with Gasteiger partial charge in [0, 0.05) is 30.4 Å². The number of amides is 1. The molecule has 120 valence electrons. The number of hydrogen-bond donors (Lipinski definition) is 1. The molecule has 4 rings (SSSR count). The highest BCUT2D eigenvalue weighted by molar-refractivity contribution is 7.07. The first-order chi connectivity index (χ1) is 10.7. The molecule has 3 aliphatic rings. The van der Waals surface area contributed by atoms with Gasteiger partial charge >= 0.3 is 6.09 Å². The molecule has 1 spiro atoms. The lowest BCUT2D eigenvalue weighted by atomic mass is 9.64. The molecule has 6 heteroatoms. The van der Waals surface area contributed by atoms with Crippen molar-refractivity contribution in [1.29, 1.82) is 0 Å². The Morgan fingerprint density at radius 3 is 2.68 bits per heavy atom. The fraction of sp³-hybridized carbons (Fsp3) is 0.750. The molecule has 1 N–H and O–H groups in total. The lowest BCUT2D eigenvalue weighted by Gasteiger charge is -2.51. The van der Waals surface area contributed by atoms with E-state index in [1.807, 2.05) is 5.51 Å². The molecule has 2 saturated heterocycles. The second kappa shape index (κ2) is 5.49. The summed E-state index contributed by atoms with van der Waals surface area (Å²) in [5.74, 6) is 0.644. The van der Waals surface area contributed by atoms with Crippen molar-refractivity contribution in [2.45, 2.75) is 44.1 Å². The maximum atomic E-state index is 11.1. The van der Waals surface area contributed by atoms with E-state index in [0.717, 1.165) is 19.5 Å². The maximum Gasteiger partial charge on any atom is 0.407 e. The molecule has 3 heterocycles. The second-order valence-corrected chi connectivity index (χ2v) is 7.96. The van der Waals surface area contributed by atoms with Crippen LogP contribution in [0.25, 0.3) is 0 Å². The third-order valence-corrected chi connectivity index (χ3v) is 6.57. The molecule has 0 aromatic carbocycles. The van der Waals surface area contributed by atoms with Gasteiger partial charge in [-0.15, -0.1) is 11.3 Å². The Morgan fingerprint density at radius 1 is 1.32 bits per heavy atom. The molecule has 1 aromatic heterocycles. The maximum absolute atomic E-state index is 11.1. The van der Waals surface area contributed by atoms with Crippen LogP contribution in [0.2, 0.25) is 0 Å². The Bertz CT molecular complexity index is 534. The number of thiazole rings is 1. The molecule has 0 atom stereocenters. The lowest BCUT2D eigenvalue weighted by molar-refractivity contribution is -0.00399. The molecule has 0 bridgehead atoms. The molecule has 1 aromatic rings. The summed E-state index contributed by atoms with van der Waals surface area (Å²) in [6, 6.07) is 0.685. The summed E-state index contributed by atoms with van der Waals surface area (Å²) < 4.78 is 0. The van der Waals surface area contributed by atoms with Gasteiger partial charge in [0.25, 0.3) is 0 Å². The van der Waals surface area contributed by atoms with Crippen LogP contribution in [0.5, 0.6) is 0 Å². The zero-order valence-corrected chi connectivity index (χ0v) is 13.6. The summed E-state index contributed by atoms with van der Waals surface area (Å²) in [5, 5.41) is 11.3. The third kappa shape index (κ3) is 2.52. The Morgan fingerprint density at radius 2 is 2.09 bits per heavy atom. The first-order valence-electron chi connectivity index (χ1n) is 8.25. The molecular weight excluding hydrogens is 298 g/mol. The standard InChI is InChI=1S/C16H23N3O2S/c20-15(21)19-6-3-16(10-19)7-13(8-16)18-4-1-12(2-5-18)14-9-22-11-17-14/h9,11-13H,1-8,10H2,(H,20,21). The van der Waals surface area contributed by atoms with E-state index in [0.29, 0.717) is 17.4 Å². The smallest absolute Gasteiger partial charge is 0.407 e. The van der Waals surface area contributed by atoms with Gasteiger partial charge in [-0.25, -0.2) is 9.78 Å². The summed E-state index contributed by atoms with van der Waals surface area (Å²) in [6.45, 7) is 3.83. The normalized spacial score (nSPS) is 33.3. The van der Waals surface area contributed by atoms with Gasteiger partial charge in [0.05, 0.1) is 11.2 Å². The summed E-state index contributed by atoms with van der Waals surface area (Å²) in [7, 11) is 0. The number of carboxylic acid groups (broad SMARTS) is 1. The van der Waals surface area contributed by atoms with Gasteiger partial charge in [0.15, 0.2) is 0 Å². The van der Waals surface area contributed by atoms with Gasteiger partial charge in [-0.3, -0.25) is 0 Å². The summed E-state index contributed by atoms with van der Waals surface area (Å²) in [5.41, 5.74) is 3.52. The van der Waals surface area contributed by atoms with Gasteiger partial charge in [0.2, 0.25) is 0 Å². The van der Waals surface area contributed by atoms with E-state index in [1.165, 1.54) is 44.5 Å². The van der Waals surface area contributed by atoms with Crippen LogP contribution in [0.1, 0.15) is 43.7 Å². The fourth-order valence-electron chi connectivity index (χ4n) is 4.61. The number of nitrogens with zero attached hydrogens (tertiary/aromatic N) is 3. The van der Waals surface area contributed by atoms with Gasteiger partial charge in [-0.2, -0.15) is 0 Å². The minimum atomic E-state index is -0.746. The Kier molecular flexibility index (Phi) is 3.61. The number of rotatable bonds is 2. The summed E-state index contributed by atoms with van der Waals surface area (Å²) in [4.78, 5) is 19.8. The predicted molar refractivity (Wildman–Crippen MR) is 85.3 cm³/mol. The van der Waals surface area contributed by atoms with Crippen molar-refractivity contribution in [3.05, 3.63) is 16.6 Å². The highest BCUT2D eigenvalue weighted by Crippen LogP contribution is 2.50. The second-order valence-electron chi connectivity index (χ2n) is 7.24. The van der Waals surface area contributed by atoms with Gasteiger partial charge in [-0.1, -0.05) is 0 Å². The molecular formula is C16H23N3O2S. The lowest BCUT2D eigenvalue weighted by Crippen LogP contribution is -2.54. The van der Waals surface area contributed by atoms with Gasteiger partial charge in [0.1, 0.15) is 0 Å². The largest absolute Gasteiger partial charge is 0.465 e. The first-order valence-corrected chi connectivity index (χ1v) is 9.20. The zero-order chi connectivity index (χ0) is 15.2. The van der Waals surface area contributed by atoms with E-state index < -0.39 is 6.09 Å². The zero-order valence-electron chi connectivity index (χ0n) is 12.8. The van der Waals surface area contributed by atoms with Crippen molar-refractivity contribution in [3.63, 3.8) is 0 Å². The Labute approximate surface area is 134 Å². The number of piperidine rings is 1. The van der Waals surface area contributed by atoms with Crippen LogP contribution in [-0.2, 0) is 0 Å². The van der Waals surface area contributed by atoms with E-state index in [2.05, 4.69) is 15.3 Å². The first kappa shape index (κ1) is 14.5. The molecule has 1 aliphatic carbocycles. The number of hydrogen-bond acceptors (Lipinski definition) is 4. The number of aromatic nitrogens is 1. The molecule has 22 heavy (non-hydrogen) atoms. The van der Waals surface area contributed by atoms with E-state index >= 15 is 0 Å². The highest BCUT2D eigenvalue weighted by Gasteiger charge is 2.51. The number of likely N-dealkylation sites (tertiary alicyclic amines) is 2. The average Bonchev–Trinajstić information content (AvgIpc) is 3.15. The van der Waals surface area contributed by atoms with Crippen LogP contribution in [0.4, 0.5) is 4.79 Å². The van der Waals surface area contributed by atoms with Gasteiger partial charge in [-0.05, 0) is 50.6 Å². The molecule has 3 fully saturated rings. The van der Waals surface area contributed by atoms with E-state index in [9.17, 15) is 4.79 Å². The SMILES string of the molecule is O=C(O)N1CCC2(CC(N3CCC(c4cscn4)CC3)C2)C1. The molecule has 0 radical (unpaired) electrons. The summed E-state index contributed by atoms with van der Waals surface area (Å²) in [6.07, 6.45) is 5.13. The van der Waals surface area contributed by atoms with Crippen LogP contribution >= 0.6 is 11.3 Å². The Hall–Kier alpha value is -1.14. The van der Waals surface area contributed by atoms with Gasteiger partial charge < -0.3 is 14.9 Å². The van der Waals surface area contributed by atoms with Crippen molar-refractivity contribution >= 4 is 17.4 Å². The Balaban J connectivity index is 1.27. The number of carbonyl (C=O) groups is 1. The van der Waals surface area contributed by atoms with Crippen LogP contribution in [0, 0.1) is 5.41 Å². The van der Waals surface area contributed by atoms with Crippen molar-refractivity contribution < 1.29 is 9.90 Å². The molecule has 1 saturated carbocycles. The average molecular weight is 321 g/mol. The topological polar surface area (TPSA) is 56.7 Å². The third-order valence-electron chi connectivity index (χ3n) is 5.96. The van der Waals surface area contributed by atoms with Crippen LogP contribution in [-0.4, -0.2) is 58.2 Å². The minimum Gasteiger partial charge on any atom is -0.465 e. The van der Waals surface area contributed by atoms with Crippen molar-refractivity contribution in [2.24, 2.45) is 5.41 Å². The predicted octanol–water partition coefficient (Wildman–Crippen LogP) is 2.86. The van der Waals surface area contributed by atoms with Crippen molar-refractivity contribution in [2.75, 3.05) is 26.2 Å². The molecule has 0 unspecified atom stereocenters. The van der Waals surface area contributed by atoms with Crippen molar-refractivity contribution in [3.8, 4) is 0 Å². The van der Waals surface area contributed by atoms with Crippen molar-refractivity contribution in [1.82, 2.24) is 14.8 Å². The van der Waals surface area contributed by atoms with E-state index in [-0.39, 0.29) is 0 Å². The quantitative estimate of drug-likeness (QED) is 0.910. The molecule has 5 nitrogen and oxygen atoms in total. The molecule has 1 amide bonds. The fourth-order valence-corrected chi connectivity index (χ4v) is 5.25. The monoisotopic (exact) mass is 321 g/mol. The van der Waals surface area contributed by atoms with E-state index in [1.54, 1.807) is 16.2 Å². The molecule has 2 aliphatic heterocycles. The highest BCUT2D eigenvalue weighted by atomic mass is 32.1. The van der Waals surface area contributed by atoms with Crippen LogP contribution < -0.4 is 0 Å². The van der Waals surface area contributed by atoms with E-state index in [4.69, 9.17) is 5.11 Å².